The Balaban J connectivity index is 1.59. The van der Waals surface area contributed by atoms with Crippen LogP contribution in [0, 0.1) is 6.92 Å². The Morgan fingerprint density at radius 2 is 1.66 bits per heavy atom. The summed E-state index contributed by atoms with van der Waals surface area (Å²) in [5.41, 5.74) is 6.80. The highest BCUT2D eigenvalue weighted by atomic mass is 35.5. The number of ether oxygens (including phenoxy) is 1. The Morgan fingerprint density at radius 1 is 0.969 bits per heavy atom. The van der Waals surface area contributed by atoms with Gasteiger partial charge in [-0.3, -0.25) is 0 Å². The third-order valence-corrected chi connectivity index (χ3v) is 6.75. The highest BCUT2D eigenvalue weighted by Crippen LogP contribution is 2.50. The van der Waals surface area contributed by atoms with Crippen LogP contribution in [-0.4, -0.2) is 10.7 Å². The quantitative estimate of drug-likeness (QED) is 0.385. The average molecular weight is 465 g/mol. The molecular weight excluding hydrogens is 439 g/mol. The van der Waals surface area contributed by atoms with E-state index in [4.69, 9.17) is 33.0 Å². The standard InChI is InChI=1S/C27H26Cl2N2O/c1-16-5-7-17(8-6-16)23-15-24-21-13-20(28)14-22(29)25(21)32-26(31(24)30-23)18-9-11-19(12-10-18)27(2,3)4/h5-14,24,26H,15H2,1-4H3/t24-,26+/m0/s1. The highest BCUT2D eigenvalue weighted by molar-refractivity contribution is 6.35. The van der Waals surface area contributed by atoms with E-state index in [1.54, 1.807) is 6.07 Å². The molecule has 0 radical (unpaired) electrons. The maximum atomic E-state index is 6.58. The van der Waals surface area contributed by atoms with Crippen molar-refractivity contribution in [2.45, 2.75) is 51.8 Å². The van der Waals surface area contributed by atoms with Crippen LogP contribution in [0.4, 0.5) is 0 Å². The van der Waals surface area contributed by atoms with Gasteiger partial charge in [-0.15, -0.1) is 0 Å². The minimum absolute atomic E-state index is 0.0125. The van der Waals surface area contributed by atoms with Crippen molar-refractivity contribution in [3.63, 3.8) is 0 Å². The van der Waals surface area contributed by atoms with E-state index in [0.29, 0.717) is 15.8 Å². The Labute approximate surface area is 199 Å². The first-order chi connectivity index (χ1) is 15.2. The lowest BCUT2D eigenvalue weighted by Crippen LogP contribution is -2.34. The van der Waals surface area contributed by atoms with Gasteiger partial charge in [-0.1, -0.05) is 98.1 Å². The van der Waals surface area contributed by atoms with Crippen LogP contribution in [0.25, 0.3) is 0 Å². The van der Waals surface area contributed by atoms with E-state index in [9.17, 15) is 0 Å². The third-order valence-electron chi connectivity index (χ3n) is 6.25. The molecule has 0 saturated carbocycles. The number of hydrogen-bond acceptors (Lipinski definition) is 3. The Morgan fingerprint density at radius 3 is 2.31 bits per heavy atom. The predicted molar refractivity (Wildman–Crippen MR) is 132 cm³/mol. The molecule has 2 aliphatic heterocycles. The molecule has 3 aromatic rings. The van der Waals surface area contributed by atoms with Gasteiger partial charge in [0, 0.05) is 22.6 Å². The normalized spacial score (nSPS) is 19.8. The van der Waals surface area contributed by atoms with E-state index in [1.165, 1.54) is 11.1 Å². The van der Waals surface area contributed by atoms with Gasteiger partial charge in [0.25, 0.3) is 0 Å². The summed E-state index contributed by atoms with van der Waals surface area (Å²) in [7, 11) is 0. The molecular formula is C27H26Cl2N2O. The van der Waals surface area contributed by atoms with Crippen LogP contribution in [-0.2, 0) is 5.41 Å². The summed E-state index contributed by atoms with van der Waals surface area (Å²) in [5.74, 6) is 0.697. The smallest absolute Gasteiger partial charge is 0.213 e. The second-order valence-electron chi connectivity index (χ2n) is 9.66. The molecule has 2 aliphatic rings. The largest absolute Gasteiger partial charge is 0.463 e. The molecule has 0 bridgehead atoms. The number of aryl methyl sites for hydroxylation is 1. The summed E-state index contributed by atoms with van der Waals surface area (Å²) in [6, 6.07) is 20.8. The fourth-order valence-electron chi connectivity index (χ4n) is 4.40. The lowest BCUT2D eigenvalue weighted by molar-refractivity contribution is -0.0189. The maximum absolute atomic E-state index is 6.58. The summed E-state index contributed by atoms with van der Waals surface area (Å²) in [6.45, 7) is 8.74. The second kappa shape index (κ2) is 7.83. The van der Waals surface area contributed by atoms with Gasteiger partial charge < -0.3 is 4.74 Å². The number of fused-ring (bicyclic) bond motifs is 3. The van der Waals surface area contributed by atoms with Gasteiger partial charge >= 0.3 is 0 Å². The molecule has 0 saturated heterocycles. The number of benzene rings is 3. The molecule has 32 heavy (non-hydrogen) atoms. The molecule has 3 aromatic carbocycles. The molecule has 5 rings (SSSR count). The Hall–Kier alpha value is -2.49. The first-order valence-electron chi connectivity index (χ1n) is 10.9. The molecule has 0 aliphatic carbocycles. The van der Waals surface area contributed by atoms with E-state index in [1.807, 2.05) is 6.07 Å². The van der Waals surface area contributed by atoms with Gasteiger partial charge in [0.2, 0.25) is 6.23 Å². The maximum Gasteiger partial charge on any atom is 0.213 e. The molecule has 0 amide bonds. The molecule has 0 unspecified atom stereocenters. The first kappa shape index (κ1) is 21.4. The van der Waals surface area contributed by atoms with Gasteiger partial charge in [-0.2, -0.15) is 5.10 Å². The summed E-state index contributed by atoms with van der Waals surface area (Å²) >= 11 is 12.9. The second-order valence-corrected chi connectivity index (χ2v) is 10.5. The van der Waals surface area contributed by atoms with Crippen LogP contribution in [0.2, 0.25) is 10.0 Å². The molecule has 0 aromatic heterocycles. The zero-order valence-electron chi connectivity index (χ0n) is 18.7. The summed E-state index contributed by atoms with van der Waals surface area (Å²) in [4.78, 5) is 0. The van der Waals surface area contributed by atoms with Crippen LogP contribution in [0.1, 0.15) is 67.3 Å². The SMILES string of the molecule is Cc1ccc(C2=NN3[C@@H](c4ccc(C(C)(C)C)cc4)Oc4c(Cl)cc(Cl)cc4[C@@H]3C2)cc1. The van der Waals surface area contributed by atoms with E-state index in [0.717, 1.165) is 28.8 Å². The van der Waals surface area contributed by atoms with Gasteiger partial charge in [-0.05, 0) is 35.6 Å². The van der Waals surface area contributed by atoms with Crippen molar-refractivity contribution in [3.05, 3.63) is 98.5 Å². The fraction of sp³-hybridized carbons (Fsp3) is 0.296. The van der Waals surface area contributed by atoms with Gasteiger partial charge in [0.05, 0.1) is 16.8 Å². The number of halogens is 2. The van der Waals surface area contributed by atoms with Gasteiger partial charge in [0.1, 0.15) is 5.75 Å². The molecule has 2 atom stereocenters. The number of hydrogen-bond donors (Lipinski definition) is 0. The summed E-state index contributed by atoms with van der Waals surface area (Å²) in [6.07, 6.45) is 0.412. The molecule has 2 heterocycles. The fourth-order valence-corrected chi connectivity index (χ4v) is 4.96. The predicted octanol–water partition coefficient (Wildman–Crippen LogP) is 7.84. The van der Waals surface area contributed by atoms with Crippen molar-refractivity contribution >= 4 is 28.9 Å². The summed E-state index contributed by atoms with van der Waals surface area (Å²) in [5, 5.41) is 8.24. The van der Waals surface area contributed by atoms with Crippen LogP contribution < -0.4 is 4.74 Å². The molecule has 164 valence electrons. The molecule has 5 heteroatoms. The molecule has 0 fully saturated rings. The van der Waals surface area contributed by atoms with E-state index >= 15 is 0 Å². The van der Waals surface area contributed by atoms with Gasteiger partial charge in [-0.25, -0.2) is 5.01 Å². The third kappa shape index (κ3) is 3.78. The van der Waals surface area contributed by atoms with Crippen LogP contribution >= 0.6 is 23.2 Å². The van der Waals surface area contributed by atoms with Crippen LogP contribution in [0.15, 0.2) is 65.8 Å². The monoisotopic (exact) mass is 464 g/mol. The summed E-state index contributed by atoms with van der Waals surface area (Å²) < 4.78 is 6.47. The van der Waals surface area contributed by atoms with Crippen molar-refractivity contribution in [2.24, 2.45) is 5.10 Å². The molecule has 0 N–H and O–H groups in total. The lowest BCUT2D eigenvalue weighted by Gasteiger charge is -2.38. The zero-order valence-corrected chi connectivity index (χ0v) is 20.2. The van der Waals surface area contributed by atoms with Crippen molar-refractivity contribution in [1.29, 1.82) is 0 Å². The highest BCUT2D eigenvalue weighted by Gasteiger charge is 2.42. The topological polar surface area (TPSA) is 24.8 Å². The van der Waals surface area contributed by atoms with Crippen LogP contribution in [0.5, 0.6) is 5.75 Å². The lowest BCUT2D eigenvalue weighted by atomic mass is 9.86. The van der Waals surface area contributed by atoms with Crippen molar-refractivity contribution < 1.29 is 4.74 Å². The number of rotatable bonds is 2. The van der Waals surface area contributed by atoms with E-state index < -0.39 is 0 Å². The number of hydrazone groups is 1. The Bertz CT molecular complexity index is 1190. The minimum atomic E-state index is -0.358. The van der Waals surface area contributed by atoms with E-state index in [2.05, 4.69) is 81.2 Å². The molecule has 3 nitrogen and oxygen atoms in total. The van der Waals surface area contributed by atoms with Crippen molar-refractivity contribution in [2.75, 3.05) is 0 Å². The van der Waals surface area contributed by atoms with Crippen LogP contribution in [0.3, 0.4) is 0 Å². The van der Waals surface area contributed by atoms with Crippen molar-refractivity contribution in [3.8, 4) is 5.75 Å². The van der Waals surface area contributed by atoms with E-state index in [-0.39, 0.29) is 17.7 Å². The minimum Gasteiger partial charge on any atom is -0.463 e. The zero-order chi connectivity index (χ0) is 22.6. The number of nitrogens with zero attached hydrogens (tertiary/aromatic N) is 2. The van der Waals surface area contributed by atoms with Gasteiger partial charge in [0.15, 0.2) is 0 Å². The Kier molecular flexibility index (Phi) is 5.22. The first-order valence-corrected chi connectivity index (χ1v) is 11.7. The average Bonchev–Trinajstić information content (AvgIpc) is 3.19. The molecule has 0 spiro atoms. The van der Waals surface area contributed by atoms with Crippen molar-refractivity contribution in [1.82, 2.24) is 5.01 Å².